The van der Waals surface area contributed by atoms with Crippen LogP contribution in [0.2, 0.25) is 0 Å². The van der Waals surface area contributed by atoms with Crippen LogP contribution in [0.3, 0.4) is 0 Å². The minimum absolute atomic E-state index is 0.437. The molecule has 62 valence electrons. The van der Waals surface area contributed by atoms with Crippen LogP contribution in [0.15, 0.2) is 5.16 Å². The third kappa shape index (κ3) is 1.01. The number of aromatic nitrogens is 2. The van der Waals surface area contributed by atoms with Gasteiger partial charge in [-0.25, -0.2) is 4.98 Å². The first-order valence-corrected chi connectivity index (χ1v) is 4.87. The summed E-state index contributed by atoms with van der Waals surface area (Å²) < 4.78 is 2.19. The molecule has 12 heavy (non-hydrogen) atoms. The first-order valence-electron chi connectivity index (χ1n) is 3.88. The van der Waals surface area contributed by atoms with E-state index in [2.05, 4.69) is 15.6 Å². The summed E-state index contributed by atoms with van der Waals surface area (Å²) in [6, 6.07) is 2.13. The van der Waals surface area contributed by atoms with Crippen molar-refractivity contribution in [2.24, 2.45) is 0 Å². The van der Waals surface area contributed by atoms with Crippen molar-refractivity contribution < 1.29 is 0 Å². The van der Waals surface area contributed by atoms with Crippen molar-refractivity contribution >= 4 is 11.8 Å². The second kappa shape index (κ2) is 2.83. The topological polar surface area (TPSA) is 41.6 Å². The maximum atomic E-state index is 8.53. The van der Waals surface area contributed by atoms with Gasteiger partial charge in [0.05, 0.1) is 18.2 Å². The Balaban J connectivity index is 2.42. The number of fused-ring (bicyclic) bond motifs is 1. The average Bonchev–Trinajstić information content (AvgIpc) is 2.58. The predicted octanol–water partition coefficient (Wildman–Crippen LogP) is 1.36. The largest absolute Gasteiger partial charge is 0.322 e. The number of imidazole rings is 1. The van der Waals surface area contributed by atoms with Gasteiger partial charge in [0.25, 0.3) is 0 Å². The first kappa shape index (κ1) is 7.69. The molecule has 0 aliphatic carbocycles. The van der Waals surface area contributed by atoms with Gasteiger partial charge in [0.15, 0.2) is 5.16 Å². The highest BCUT2D eigenvalue weighted by molar-refractivity contribution is 7.99. The van der Waals surface area contributed by atoms with Gasteiger partial charge in [-0.15, -0.1) is 0 Å². The molecule has 0 fully saturated rings. The van der Waals surface area contributed by atoms with Crippen molar-refractivity contribution in [3.8, 4) is 6.07 Å². The summed E-state index contributed by atoms with van der Waals surface area (Å²) >= 11 is 1.77. The van der Waals surface area contributed by atoms with E-state index >= 15 is 0 Å². The minimum atomic E-state index is 0.437. The van der Waals surface area contributed by atoms with Crippen LogP contribution in [0.1, 0.15) is 11.4 Å². The van der Waals surface area contributed by atoms with E-state index in [4.69, 9.17) is 5.26 Å². The highest BCUT2D eigenvalue weighted by Crippen LogP contribution is 2.27. The van der Waals surface area contributed by atoms with Gasteiger partial charge in [-0.2, -0.15) is 5.26 Å². The zero-order valence-electron chi connectivity index (χ0n) is 6.87. The average molecular weight is 179 g/mol. The molecule has 4 heteroatoms. The second-order valence-electron chi connectivity index (χ2n) is 2.76. The van der Waals surface area contributed by atoms with E-state index in [1.807, 2.05) is 6.92 Å². The van der Waals surface area contributed by atoms with Gasteiger partial charge in [-0.1, -0.05) is 11.8 Å². The molecule has 0 saturated heterocycles. The molecule has 0 radical (unpaired) electrons. The maximum Gasteiger partial charge on any atom is 0.168 e. The molecule has 1 aliphatic heterocycles. The molecule has 0 spiro atoms. The summed E-state index contributed by atoms with van der Waals surface area (Å²) in [6.07, 6.45) is 0.437. The Morgan fingerprint density at radius 3 is 3.25 bits per heavy atom. The fourth-order valence-electron chi connectivity index (χ4n) is 1.40. The molecule has 0 amide bonds. The Labute approximate surface area is 75.4 Å². The van der Waals surface area contributed by atoms with Crippen molar-refractivity contribution in [3.05, 3.63) is 11.4 Å². The normalized spacial score (nSPS) is 14.3. The molecule has 0 atom stereocenters. The van der Waals surface area contributed by atoms with Crippen molar-refractivity contribution in [1.29, 1.82) is 5.26 Å². The minimum Gasteiger partial charge on any atom is -0.322 e. The standard InChI is InChI=1S/C8H9N3S/c1-6-7(2-3-9)10-8-11(6)4-5-12-8/h2,4-5H2,1H3. The SMILES string of the molecule is Cc1c(CC#N)nc2n1CCS2. The Kier molecular flexibility index (Phi) is 1.81. The summed E-state index contributed by atoms with van der Waals surface area (Å²) in [5.41, 5.74) is 2.11. The van der Waals surface area contributed by atoms with Crippen LogP contribution in [-0.2, 0) is 13.0 Å². The molecule has 3 nitrogen and oxygen atoms in total. The van der Waals surface area contributed by atoms with E-state index in [0.29, 0.717) is 6.42 Å². The molecule has 0 N–H and O–H groups in total. The number of rotatable bonds is 1. The zero-order chi connectivity index (χ0) is 8.55. The monoisotopic (exact) mass is 179 g/mol. The summed E-state index contributed by atoms with van der Waals surface area (Å²) in [7, 11) is 0. The van der Waals surface area contributed by atoms with Crippen LogP contribution in [0.4, 0.5) is 0 Å². The molecule has 1 aromatic rings. The van der Waals surface area contributed by atoms with E-state index in [0.717, 1.165) is 28.8 Å². The predicted molar refractivity (Wildman–Crippen MR) is 47.0 cm³/mol. The van der Waals surface area contributed by atoms with Crippen molar-refractivity contribution in [2.45, 2.75) is 25.0 Å². The van der Waals surface area contributed by atoms with Gasteiger partial charge >= 0.3 is 0 Å². The molecule has 0 aromatic carbocycles. The summed E-state index contributed by atoms with van der Waals surface area (Å²) in [5.74, 6) is 1.12. The zero-order valence-corrected chi connectivity index (χ0v) is 7.69. The quantitative estimate of drug-likeness (QED) is 0.653. The fraction of sp³-hybridized carbons (Fsp3) is 0.500. The van der Waals surface area contributed by atoms with Crippen molar-refractivity contribution in [3.63, 3.8) is 0 Å². The van der Waals surface area contributed by atoms with Crippen molar-refractivity contribution in [2.75, 3.05) is 5.75 Å². The van der Waals surface area contributed by atoms with Crippen LogP contribution in [0.25, 0.3) is 0 Å². The van der Waals surface area contributed by atoms with Gasteiger partial charge < -0.3 is 4.57 Å². The van der Waals surface area contributed by atoms with Gasteiger partial charge in [0.2, 0.25) is 0 Å². The van der Waals surface area contributed by atoms with E-state index in [9.17, 15) is 0 Å². The van der Waals surface area contributed by atoms with Crippen LogP contribution in [-0.4, -0.2) is 15.3 Å². The maximum absolute atomic E-state index is 8.53. The molecule has 2 rings (SSSR count). The Bertz CT molecular complexity index is 348. The van der Waals surface area contributed by atoms with Crippen molar-refractivity contribution in [1.82, 2.24) is 9.55 Å². The lowest BCUT2D eigenvalue weighted by molar-refractivity contribution is 0.698. The van der Waals surface area contributed by atoms with Gasteiger partial charge in [0, 0.05) is 18.0 Å². The smallest absolute Gasteiger partial charge is 0.168 e. The number of hydrogen-bond acceptors (Lipinski definition) is 3. The van der Waals surface area contributed by atoms with E-state index in [1.165, 1.54) is 0 Å². The lowest BCUT2D eigenvalue weighted by Crippen LogP contribution is -1.97. The van der Waals surface area contributed by atoms with E-state index < -0.39 is 0 Å². The Morgan fingerprint density at radius 2 is 2.58 bits per heavy atom. The number of thioether (sulfide) groups is 1. The molecule has 0 unspecified atom stereocenters. The molecule has 1 aliphatic rings. The van der Waals surface area contributed by atoms with Crippen LogP contribution < -0.4 is 0 Å². The summed E-state index contributed by atoms with van der Waals surface area (Å²) in [6.45, 7) is 3.08. The van der Waals surface area contributed by atoms with Gasteiger partial charge in [0.1, 0.15) is 0 Å². The molecule has 2 heterocycles. The number of nitriles is 1. The fourth-order valence-corrected chi connectivity index (χ4v) is 2.42. The third-order valence-corrected chi connectivity index (χ3v) is 3.03. The lowest BCUT2D eigenvalue weighted by Gasteiger charge is -1.97. The molecular weight excluding hydrogens is 170 g/mol. The number of nitrogens with zero attached hydrogens (tertiary/aromatic N) is 3. The molecular formula is C8H9N3S. The number of hydrogen-bond donors (Lipinski definition) is 0. The highest BCUT2D eigenvalue weighted by atomic mass is 32.2. The highest BCUT2D eigenvalue weighted by Gasteiger charge is 2.18. The molecule has 1 aromatic heterocycles. The van der Waals surface area contributed by atoms with Crippen LogP contribution in [0.5, 0.6) is 0 Å². The lowest BCUT2D eigenvalue weighted by atomic mass is 10.3. The van der Waals surface area contributed by atoms with E-state index in [-0.39, 0.29) is 0 Å². The van der Waals surface area contributed by atoms with Gasteiger partial charge in [-0.3, -0.25) is 0 Å². The second-order valence-corrected chi connectivity index (χ2v) is 3.82. The Hall–Kier alpha value is -0.950. The first-order chi connectivity index (χ1) is 5.83. The van der Waals surface area contributed by atoms with E-state index in [1.54, 1.807) is 11.8 Å². The summed E-state index contributed by atoms with van der Waals surface area (Å²) in [5, 5.41) is 9.61. The molecule has 0 bridgehead atoms. The Morgan fingerprint density at radius 1 is 1.75 bits per heavy atom. The van der Waals surface area contributed by atoms with Crippen LogP contribution >= 0.6 is 11.8 Å². The van der Waals surface area contributed by atoms with Crippen LogP contribution in [0, 0.1) is 18.3 Å². The third-order valence-electron chi connectivity index (χ3n) is 2.08. The summed E-state index contributed by atoms with van der Waals surface area (Å²) in [4.78, 5) is 4.38. The van der Waals surface area contributed by atoms with Gasteiger partial charge in [-0.05, 0) is 6.92 Å². The molecule has 0 saturated carbocycles.